The van der Waals surface area contributed by atoms with E-state index in [1.165, 1.54) is 42.5 Å². The lowest BCUT2D eigenvalue weighted by Gasteiger charge is -2.27. The van der Waals surface area contributed by atoms with Gasteiger partial charge in [-0.1, -0.05) is 0 Å². The Hall–Kier alpha value is -3.71. The number of amides is 2. The molecule has 1 aromatic carbocycles. The van der Waals surface area contributed by atoms with Crippen molar-refractivity contribution < 1.29 is 32.2 Å². The van der Waals surface area contributed by atoms with Crippen molar-refractivity contribution in [1.82, 2.24) is 14.9 Å². The summed E-state index contributed by atoms with van der Waals surface area (Å²) in [5, 5.41) is 4.52. The molecule has 3 aromatic rings. The van der Waals surface area contributed by atoms with E-state index in [-0.39, 0.29) is 11.7 Å². The predicted molar refractivity (Wildman–Crippen MR) is 135 cm³/mol. The third kappa shape index (κ3) is 7.42. The summed E-state index contributed by atoms with van der Waals surface area (Å²) in [5.41, 5.74) is 1.68. The van der Waals surface area contributed by atoms with Crippen molar-refractivity contribution in [3.8, 4) is 17.0 Å². The number of ether oxygens (including phenoxy) is 2. The Balaban J connectivity index is 1.62. The number of aromatic nitrogens is 2. The van der Waals surface area contributed by atoms with Gasteiger partial charge in [-0.05, 0) is 48.4 Å². The number of thiazole rings is 1. The molecule has 0 radical (unpaired) electrons. The quantitative estimate of drug-likeness (QED) is 0.431. The lowest BCUT2D eigenvalue weighted by atomic mass is 10.1. The van der Waals surface area contributed by atoms with Crippen molar-refractivity contribution in [2.45, 2.75) is 26.3 Å². The van der Waals surface area contributed by atoms with Crippen LogP contribution in [-0.4, -0.2) is 60.6 Å². The number of hydrogen-bond donors (Lipinski definition) is 1. The average Bonchev–Trinajstić information content (AvgIpc) is 3.28. The van der Waals surface area contributed by atoms with E-state index in [2.05, 4.69) is 20.0 Å². The van der Waals surface area contributed by atoms with Gasteiger partial charge in [-0.15, -0.1) is 24.5 Å². The van der Waals surface area contributed by atoms with Crippen LogP contribution >= 0.6 is 11.3 Å². The Labute approximate surface area is 220 Å². The summed E-state index contributed by atoms with van der Waals surface area (Å²) < 4.78 is 48.8. The summed E-state index contributed by atoms with van der Waals surface area (Å²) in [6, 6.07) is 8.78. The highest BCUT2D eigenvalue weighted by atomic mass is 32.1. The number of halogens is 3. The maximum Gasteiger partial charge on any atom is 0.573 e. The fourth-order valence-electron chi connectivity index (χ4n) is 3.86. The largest absolute Gasteiger partial charge is 0.573 e. The summed E-state index contributed by atoms with van der Waals surface area (Å²) in [4.78, 5) is 35.6. The Kier molecular flexibility index (Phi) is 8.79. The van der Waals surface area contributed by atoms with Gasteiger partial charge >= 0.3 is 6.36 Å². The van der Waals surface area contributed by atoms with E-state index in [1.807, 2.05) is 9.47 Å². The number of carbonyl (C=O) groups excluding carboxylic acids is 2. The summed E-state index contributed by atoms with van der Waals surface area (Å²) in [6.07, 6.45) is -2.66. The Morgan fingerprint density at radius 2 is 1.92 bits per heavy atom. The molecule has 202 valence electrons. The number of nitrogens with zero attached hydrogens (tertiary/aromatic N) is 4. The molecule has 1 fully saturated rings. The summed E-state index contributed by atoms with van der Waals surface area (Å²) in [7, 11) is 0. The zero-order chi connectivity index (χ0) is 27.1. The molecule has 0 atom stereocenters. The van der Waals surface area contributed by atoms with Gasteiger partial charge in [-0.2, -0.15) is 4.99 Å². The summed E-state index contributed by atoms with van der Waals surface area (Å²) in [5.74, 6) is -0.261. The molecular weight excluding hydrogens is 523 g/mol. The van der Waals surface area contributed by atoms with Gasteiger partial charge in [-0.25, -0.2) is 4.98 Å². The number of rotatable bonds is 8. The van der Waals surface area contributed by atoms with E-state index in [1.54, 1.807) is 23.7 Å². The first-order valence-corrected chi connectivity index (χ1v) is 12.7. The lowest BCUT2D eigenvalue weighted by Crippen LogP contribution is -2.36. The Morgan fingerprint density at radius 3 is 2.61 bits per heavy atom. The molecule has 1 aliphatic heterocycles. The van der Waals surface area contributed by atoms with Crippen molar-refractivity contribution in [2.24, 2.45) is 4.99 Å². The second-order valence-corrected chi connectivity index (χ2v) is 9.22. The molecule has 4 rings (SSSR count). The first-order chi connectivity index (χ1) is 18.2. The molecule has 1 saturated heterocycles. The van der Waals surface area contributed by atoms with E-state index >= 15 is 0 Å². The second-order valence-electron chi connectivity index (χ2n) is 8.38. The van der Waals surface area contributed by atoms with E-state index in [4.69, 9.17) is 4.74 Å². The minimum atomic E-state index is -4.78. The number of carbonyl (C=O) groups is 2. The molecule has 38 heavy (non-hydrogen) atoms. The summed E-state index contributed by atoms with van der Waals surface area (Å²) in [6.45, 7) is 4.79. The number of hydrogen-bond acceptors (Lipinski definition) is 7. The fraction of sp³-hybridized carbons (Fsp3) is 0.360. The highest BCUT2D eigenvalue weighted by Crippen LogP contribution is 2.27. The standard InChI is InChI=1S/C25H26F3N5O4S/c1-17(34)29-8-2-10-33-21(18-3-5-20(6-4-18)37-25(26,27)28)16-38-24(33)31-23(35)19-7-9-30-22(15-19)32-11-13-36-14-12-32/h3-7,9,15-16H,2,8,10-14H2,1H3,(H,29,34). The van der Waals surface area contributed by atoms with Crippen LogP contribution in [-0.2, 0) is 16.1 Å². The zero-order valence-corrected chi connectivity index (χ0v) is 21.3. The smallest absolute Gasteiger partial charge is 0.406 e. The zero-order valence-electron chi connectivity index (χ0n) is 20.5. The van der Waals surface area contributed by atoms with Gasteiger partial charge < -0.3 is 24.3 Å². The molecule has 0 aliphatic carbocycles. The van der Waals surface area contributed by atoms with Crippen molar-refractivity contribution >= 4 is 29.0 Å². The first-order valence-electron chi connectivity index (χ1n) is 11.9. The maximum absolute atomic E-state index is 13.1. The molecule has 13 heteroatoms. The van der Waals surface area contributed by atoms with Gasteiger partial charge in [0.05, 0.1) is 18.9 Å². The second kappa shape index (κ2) is 12.2. The SMILES string of the molecule is CC(=O)NCCCn1c(-c2ccc(OC(F)(F)F)cc2)csc1=NC(=O)c1ccnc(N2CCOCC2)c1. The molecular formula is C25H26F3N5O4S. The number of alkyl halides is 3. The Bertz CT molecular complexity index is 1330. The van der Waals surface area contributed by atoms with Crippen molar-refractivity contribution in [3.63, 3.8) is 0 Å². The molecule has 3 heterocycles. The number of pyridine rings is 1. The number of nitrogens with one attached hydrogen (secondary N) is 1. The fourth-order valence-corrected chi connectivity index (χ4v) is 4.80. The molecule has 9 nitrogen and oxygen atoms in total. The van der Waals surface area contributed by atoms with Crippen LogP contribution in [0, 0.1) is 0 Å². The van der Waals surface area contributed by atoms with Crippen LogP contribution in [0.5, 0.6) is 5.75 Å². The highest BCUT2D eigenvalue weighted by molar-refractivity contribution is 7.07. The lowest BCUT2D eigenvalue weighted by molar-refractivity contribution is -0.274. The minimum absolute atomic E-state index is 0.158. The average molecular weight is 550 g/mol. The predicted octanol–water partition coefficient (Wildman–Crippen LogP) is 3.61. The van der Waals surface area contributed by atoms with E-state index in [0.717, 1.165) is 0 Å². The van der Waals surface area contributed by atoms with Crippen LogP contribution in [0.2, 0.25) is 0 Å². The molecule has 2 amide bonds. The summed E-state index contributed by atoms with van der Waals surface area (Å²) >= 11 is 1.24. The van der Waals surface area contributed by atoms with Crippen molar-refractivity contribution in [3.05, 3.63) is 58.3 Å². The molecule has 0 unspecified atom stereocenters. The third-order valence-electron chi connectivity index (χ3n) is 5.64. The van der Waals surface area contributed by atoms with Crippen molar-refractivity contribution in [1.29, 1.82) is 0 Å². The van der Waals surface area contributed by atoms with Gasteiger partial charge in [0.2, 0.25) is 5.91 Å². The molecule has 0 bridgehead atoms. The van der Waals surface area contributed by atoms with Crippen molar-refractivity contribution in [2.75, 3.05) is 37.7 Å². The van der Waals surface area contributed by atoms with Crippen LogP contribution in [0.3, 0.4) is 0 Å². The normalized spacial score (nSPS) is 14.4. The first kappa shape index (κ1) is 27.3. The monoisotopic (exact) mass is 549 g/mol. The van der Waals surface area contributed by atoms with Crippen LogP contribution < -0.4 is 19.8 Å². The van der Waals surface area contributed by atoms with E-state index < -0.39 is 12.3 Å². The molecule has 1 N–H and O–H groups in total. The van der Waals surface area contributed by atoms with Crippen LogP contribution in [0.1, 0.15) is 23.7 Å². The third-order valence-corrected chi connectivity index (χ3v) is 6.50. The molecule has 0 spiro atoms. The van der Waals surface area contributed by atoms with E-state index in [0.29, 0.717) is 73.3 Å². The number of anilines is 1. The van der Waals surface area contributed by atoms with Crippen LogP contribution in [0.25, 0.3) is 11.3 Å². The van der Waals surface area contributed by atoms with E-state index in [9.17, 15) is 22.8 Å². The van der Waals surface area contributed by atoms with Gasteiger partial charge in [-0.3, -0.25) is 9.59 Å². The van der Waals surface area contributed by atoms with Gasteiger partial charge in [0, 0.05) is 50.2 Å². The molecule has 1 aliphatic rings. The number of benzene rings is 1. The minimum Gasteiger partial charge on any atom is -0.406 e. The molecule has 2 aromatic heterocycles. The Morgan fingerprint density at radius 1 is 1.18 bits per heavy atom. The maximum atomic E-state index is 13.1. The van der Waals surface area contributed by atoms with Gasteiger partial charge in [0.25, 0.3) is 5.91 Å². The van der Waals surface area contributed by atoms with Gasteiger partial charge in [0.15, 0.2) is 4.80 Å². The van der Waals surface area contributed by atoms with Crippen LogP contribution in [0.4, 0.5) is 19.0 Å². The highest BCUT2D eigenvalue weighted by Gasteiger charge is 2.31. The molecule has 0 saturated carbocycles. The topological polar surface area (TPSA) is 98.0 Å². The number of morpholine rings is 1. The van der Waals surface area contributed by atoms with Crippen LogP contribution in [0.15, 0.2) is 53.0 Å². The van der Waals surface area contributed by atoms with Gasteiger partial charge in [0.1, 0.15) is 11.6 Å².